The Morgan fingerprint density at radius 3 is 2.47 bits per heavy atom. The van der Waals surface area contributed by atoms with Gasteiger partial charge < -0.3 is 14.6 Å². The Balaban J connectivity index is 1.82. The summed E-state index contributed by atoms with van der Waals surface area (Å²) >= 11 is 0. The number of nitrogens with zero attached hydrogens (tertiary/aromatic N) is 1. The third-order valence-corrected chi connectivity index (χ3v) is 5.05. The molecular weight excluding hydrogens is 376 g/mol. The number of fused-ring (bicyclic) bond motifs is 1. The van der Waals surface area contributed by atoms with E-state index in [-0.39, 0.29) is 18.0 Å². The molecule has 0 saturated heterocycles. The molecular formula is C25H22N2O3. The van der Waals surface area contributed by atoms with Crippen molar-refractivity contribution in [3.05, 3.63) is 106 Å². The zero-order valence-electron chi connectivity index (χ0n) is 16.9. The van der Waals surface area contributed by atoms with Gasteiger partial charge in [0.2, 0.25) is 0 Å². The maximum atomic E-state index is 13.4. The van der Waals surface area contributed by atoms with Crippen LogP contribution in [0.2, 0.25) is 0 Å². The van der Waals surface area contributed by atoms with Crippen LogP contribution < -0.4 is 15.2 Å². The van der Waals surface area contributed by atoms with Crippen molar-refractivity contribution >= 4 is 22.5 Å². The van der Waals surface area contributed by atoms with Crippen molar-refractivity contribution in [2.75, 3.05) is 12.0 Å². The summed E-state index contributed by atoms with van der Waals surface area (Å²) in [6.07, 6.45) is 0. The molecule has 4 rings (SSSR count). The molecule has 0 bridgehead atoms. The fourth-order valence-electron chi connectivity index (χ4n) is 3.51. The molecule has 0 fully saturated rings. The number of pyridine rings is 1. The summed E-state index contributed by atoms with van der Waals surface area (Å²) in [6, 6.07) is 24.0. The van der Waals surface area contributed by atoms with Crippen molar-refractivity contribution in [2.24, 2.45) is 0 Å². The van der Waals surface area contributed by atoms with Gasteiger partial charge in [-0.1, -0.05) is 42.0 Å². The minimum absolute atomic E-state index is 0.118. The van der Waals surface area contributed by atoms with E-state index in [1.165, 1.54) is 0 Å². The zero-order valence-corrected chi connectivity index (χ0v) is 16.9. The molecule has 1 aromatic heterocycles. The second kappa shape index (κ2) is 8.25. The van der Waals surface area contributed by atoms with E-state index in [2.05, 4.69) is 4.98 Å². The Morgan fingerprint density at radius 1 is 0.967 bits per heavy atom. The summed E-state index contributed by atoms with van der Waals surface area (Å²) in [4.78, 5) is 30.7. The quantitative estimate of drug-likeness (QED) is 0.530. The summed E-state index contributed by atoms with van der Waals surface area (Å²) in [6.45, 7) is 2.12. The third kappa shape index (κ3) is 3.82. The van der Waals surface area contributed by atoms with E-state index in [1.807, 2.05) is 67.6 Å². The zero-order chi connectivity index (χ0) is 21.1. The lowest BCUT2D eigenvalue weighted by atomic mass is 10.1. The highest BCUT2D eigenvalue weighted by atomic mass is 16.5. The highest BCUT2D eigenvalue weighted by Crippen LogP contribution is 2.30. The van der Waals surface area contributed by atoms with Gasteiger partial charge in [0.15, 0.2) is 0 Å². The van der Waals surface area contributed by atoms with Crippen molar-refractivity contribution in [3.8, 4) is 5.75 Å². The van der Waals surface area contributed by atoms with Crippen molar-refractivity contribution in [1.82, 2.24) is 4.98 Å². The number of aromatic nitrogens is 1. The van der Waals surface area contributed by atoms with Gasteiger partial charge in [-0.05, 0) is 54.8 Å². The number of aryl methyl sites for hydroxylation is 1. The molecule has 1 N–H and O–H groups in total. The van der Waals surface area contributed by atoms with Gasteiger partial charge >= 0.3 is 0 Å². The molecule has 5 heteroatoms. The lowest BCUT2D eigenvalue weighted by molar-refractivity contribution is 0.0984. The second-order valence-electron chi connectivity index (χ2n) is 7.14. The Morgan fingerprint density at radius 2 is 1.70 bits per heavy atom. The van der Waals surface area contributed by atoms with E-state index in [4.69, 9.17) is 4.74 Å². The molecule has 1 amide bonds. The first-order valence-electron chi connectivity index (χ1n) is 9.69. The molecule has 1 heterocycles. The van der Waals surface area contributed by atoms with Crippen LogP contribution in [0.4, 0.5) is 5.69 Å². The van der Waals surface area contributed by atoms with Crippen LogP contribution in [-0.4, -0.2) is 18.0 Å². The van der Waals surface area contributed by atoms with Crippen molar-refractivity contribution < 1.29 is 9.53 Å². The minimum atomic E-state index is -0.216. The first-order chi connectivity index (χ1) is 14.6. The van der Waals surface area contributed by atoms with Crippen LogP contribution in [0.25, 0.3) is 10.9 Å². The van der Waals surface area contributed by atoms with Crippen molar-refractivity contribution in [3.63, 3.8) is 0 Å². The number of benzene rings is 3. The average Bonchev–Trinajstić information content (AvgIpc) is 2.78. The molecule has 0 radical (unpaired) electrons. The van der Waals surface area contributed by atoms with E-state index in [9.17, 15) is 9.59 Å². The number of hydrogen-bond acceptors (Lipinski definition) is 3. The largest absolute Gasteiger partial charge is 0.495 e. The smallest absolute Gasteiger partial charge is 0.258 e. The third-order valence-electron chi connectivity index (χ3n) is 5.05. The van der Waals surface area contributed by atoms with Gasteiger partial charge in [0.1, 0.15) is 5.75 Å². The summed E-state index contributed by atoms with van der Waals surface area (Å²) < 4.78 is 5.49. The molecule has 150 valence electrons. The van der Waals surface area contributed by atoms with Gasteiger partial charge in [0.25, 0.3) is 11.5 Å². The fraction of sp³-hybridized carbons (Fsp3) is 0.120. The van der Waals surface area contributed by atoms with Crippen LogP contribution in [0.1, 0.15) is 21.5 Å². The number of carbonyl (C=O) groups excluding carboxylic acids is 1. The molecule has 30 heavy (non-hydrogen) atoms. The van der Waals surface area contributed by atoms with Crippen LogP contribution in [0, 0.1) is 6.92 Å². The van der Waals surface area contributed by atoms with Crippen LogP contribution in [0.3, 0.4) is 0 Å². The predicted octanol–water partition coefficient (Wildman–Crippen LogP) is 4.69. The minimum Gasteiger partial charge on any atom is -0.495 e. The normalized spacial score (nSPS) is 10.7. The predicted molar refractivity (Wildman–Crippen MR) is 119 cm³/mol. The number of rotatable bonds is 5. The van der Waals surface area contributed by atoms with Crippen LogP contribution >= 0.6 is 0 Å². The Labute approximate surface area is 174 Å². The van der Waals surface area contributed by atoms with E-state index in [0.717, 1.165) is 16.5 Å². The lowest BCUT2D eigenvalue weighted by Gasteiger charge is -2.24. The molecule has 0 aliphatic carbocycles. The molecule has 0 unspecified atom stereocenters. The second-order valence-corrected chi connectivity index (χ2v) is 7.14. The fourth-order valence-corrected chi connectivity index (χ4v) is 3.51. The maximum Gasteiger partial charge on any atom is 0.258 e. The number of carbonyl (C=O) groups is 1. The molecule has 0 aliphatic heterocycles. The topological polar surface area (TPSA) is 62.4 Å². The van der Waals surface area contributed by atoms with Gasteiger partial charge in [-0.15, -0.1) is 0 Å². The Kier molecular flexibility index (Phi) is 5.35. The van der Waals surface area contributed by atoms with Gasteiger partial charge in [0.05, 0.1) is 19.3 Å². The first-order valence-corrected chi connectivity index (χ1v) is 9.69. The number of para-hydroxylation sites is 2. The number of nitrogens with one attached hydrogen (secondary N) is 1. The number of anilines is 1. The highest BCUT2D eigenvalue weighted by Gasteiger charge is 2.22. The van der Waals surface area contributed by atoms with E-state index in [0.29, 0.717) is 22.6 Å². The number of hydrogen-bond donors (Lipinski definition) is 1. The molecule has 0 spiro atoms. The standard InChI is InChI=1S/C25H22N2O3/c1-17-12-13-21-19(14-17)15-20(24(28)26-21)16-27(22-10-6-7-11-23(22)30-2)25(29)18-8-4-3-5-9-18/h3-15H,16H2,1-2H3,(H,26,28). The summed E-state index contributed by atoms with van der Waals surface area (Å²) in [5.41, 5.74) is 3.31. The maximum absolute atomic E-state index is 13.4. The summed E-state index contributed by atoms with van der Waals surface area (Å²) in [7, 11) is 1.57. The number of amides is 1. The van der Waals surface area contributed by atoms with Crippen molar-refractivity contribution in [1.29, 1.82) is 0 Å². The first kappa shape index (κ1) is 19.5. The Hall–Kier alpha value is -3.86. The van der Waals surface area contributed by atoms with Crippen LogP contribution in [0.5, 0.6) is 5.75 Å². The average molecular weight is 398 g/mol. The van der Waals surface area contributed by atoms with Gasteiger partial charge in [-0.25, -0.2) is 0 Å². The number of H-pyrrole nitrogens is 1. The Bertz CT molecular complexity index is 1260. The van der Waals surface area contributed by atoms with E-state index >= 15 is 0 Å². The lowest BCUT2D eigenvalue weighted by Crippen LogP contribution is -2.33. The van der Waals surface area contributed by atoms with Crippen LogP contribution in [0.15, 0.2) is 83.7 Å². The van der Waals surface area contributed by atoms with E-state index < -0.39 is 0 Å². The van der Waals surface area contributed by atoms with Gasteiger partial charge in [-0.3, -0.25) is 9.59 Å². The highest BCUT2D eigenvalue weighted by molar-refractivity contribution is 6.06. The van der Waals surface area contributed by atoms with Crippen molar-refractivity contribution in [2.45, 2.75) is 13.5 Å². The molecule has 5 nitrogen and oxygen atoms in total. The van der Waals surface area contributed by atoms with Crippen LogP contribution in [-0.2, 0) is 6.54 Å². The molecule has 0 aliphatic rings. The molecule has 0 atom stereocenters. The monoisotopic (exact) mass is 398 g/mol. The number of ether oxygens (including phenoxy) is 1. The number of methoxy groups -OCH3 is 1. The molecule has 4 aromatic rings. The summed E-state index contributed by atoms with van der Waals surface area (Å²) in [5.74, 6) is 0.360. The van der Waals surface area contributed by atoms with Gasteiger partial charge in [-0.2, -0.15) is 0 Å². The number of aromatic amines is 1. The summed E-state index contributed by atoms with van der Waals surface area (Å²) in [5, 5.41) is 0.928. The van der Waals surface area contributed by atoms with Gasteiger partial charge in [0, 0.05) is 16.6 Å². The molecule has 0 saturated carbocycles. The van der Waals surface area contributed by atoms with E-state index in [1.54, 1.807) is 30.2 Å². The SMILES string of the molecule is COc1ccccc1N(Cc1cc2cc(C)ccc2[nH]c1=O)C(=O)c1ccccc1. The molecule has 3 aromatic carbocycles.